The molecule has 5 heteroatoms. The fourth-order valence-corrected chi connectivity index (χ4v) is 2.53. The number of halogens is 1. The number of ether oxygens (including phenoxy) is 1. The van der Waals surface area contributed by atoms with Crippen LogP contribution in [0, 0.1) is 6.92 Å². The second-order valence-electron chi connectivity index (χ2n) is 4.31. The lowest BCUT2D eigenvalue weighted by atomic mass is 9.79. The van der Waals surface area contributed by atoms with Gasteiger partial charge in [-0.1, -0.05) is 42.0 Å². The molecule has 3 nitrogen and oxygen atoms in total. The van der Waals surface area contributed by atoms with Gasteiger partial charge >= 0.3 is 7.12 Å². The molecule has 0 saturated carbocycles. The van der Waals surface area contributed by atoms with E-state index >= 15 is 0 Å². The molecule has 2 aromatic carbocycles. The standard InChI is InChI=1S/C14H14BBrO3/c1-10-7-12(15(17)18)14(13(16)8-10)19-9-11-5-3-2-4-6-11/h2-8,17-18H,9H2,1H3. The minimum Gasteiger partial charge on any atom is -0.488 e. The Morgan fingerprint density at radius 2 is 1.84 bits per heavy atom. The molecule has 0 aliphatic carbocycles. The second-order valence-corrected chi connectivity index (χ2v) is 5.17. The van der Waals surface area contributed by atoms with E-state index in [0.717, 1.165) is 11.1 Å². The maximum atomic E-state index is 9.41. The fraction of sp³-hybridized carbons (Fsp3) is 0.143. The lowest BCUT2D eigenvalue weighted by molar-refractivity contribution is 0.304. The second kappa shape index (κ2) is 6.24. The van der Waals surface area contributed by atoms with Gasteiger partial charge in [0.15, 0.2) is 0 Å². The molecule has 0 radical (unpaired) electrons. The van der Waals surface area contributed by atoms with Gasteiger partial charge in [0.1, 0.15) is 12.4 Å². The fourth-order valence-electron chi connectivity index (χ4n) is 1.83. The van der Waals surface area contributed by atoms with Gasteiger partial charge in [-0.05, 0) is 34.5 Å². The van der Waals surface area contributed by atoms with Crippen LogP contribution in [-0.4, -0.2) is 17.2 Å². The summed E-state index contributed by atoms with van der Waals surface area (Å²) in [5.74, 6) is 0.462. The van der Waals surface area contributed by atoms with Crippen molar-refractivity contribution in [3.8, 4) is 5.75 Å². The van der Waals surface area contributed by atoms with Gasteiger partial charge in [0, 0.05) is 5.46 Å². The van der Waals surface area contributed by atoms with E-state index in [1.807, 2.05) is 43.3 Å². The van der Waals surface area contributed by atoms with E-state index in [1.165, 1.54) is 0 Å². The predicted molar refractivity (Wildman–Crippen MR) is 79.5 cm³/mol. The van der Waals surface area contributed by atoms with Crippen LogP contribution >= 0.6 is 15.9 Å². The van der Waals surface area contributed by atoms with Crippen LogP contribution in [0.5, 0.6) is 5.75 Å². The highest BCUT2D eigenvalue weighted by Gasteiger charge is 2.20. The van der Waals surface area contributed by atoms with Crippen LogP contribution in [0.2, 0.25) is 0 Å². The number of benzene rings is 2. The van der Waals surface area contributed by atoms with Gasteiger partial charge in [-0.15, -0.1) is 0 Å². The van der Waals surface area contributed by atoms with Crippen molar-refractivity contribution in [2.45, 2.75) is 13.5 Å². The van der Waals surface area contributed by atoms with E-state index in [0.29, 0.717) is 22.3 Å². The predicted octanol–water partition coefficient (Wildman–Crippen LogP) is 2.02. The molecule has 98 valence electrons. The van der Waals surface area contributed by atoms with E-state index in [1.54, 1.807) is 6.07 Å². The molecule has 0 fully saturated rings. The lowest BCUT2D eigenvalue weighted by Gasteiger charge is -2.14. The molecule has 0 heterocycles. The molecule has 2 rings (SSSR count). The SMILES string of the molecule is Cc1cc(Br)c(OCc2ccccc2)c(B(O)O)c1. The summed E-state index contributed by atoms with van der Waals surface area (Å²) in [7, 11) is -1.55. The summed E-state index contributed by atoms with van der Waals surface area (Å²) in [6, 6.07) is 13.3. The van der Waals surface area contributed by atoms with Gasteiger partial charge in [0.25, 0.3) is 0 Å². The molecule has 2 N–H and O–H groups in total. The zero-order chi connectivity index (χ0) is 13.8. The van der Waals surface area contributed by atoms with Crippen molar-refractivity contribution in [3.63, 3.8) is 0 Å². The van der Waals surface area contributed by atoms with E-state index < -0.39 is 7.12 Å². The molecule has 0 spiro atoms. The summed E-state index contributed by atoms with van der Waals surface area (Å²) in [5, 5.41) is 18.8. The highest BCUT2D eigenvalue weighted by atomic mass is 79.9. The van der Waals surface area contributed by atoms with Crippen LogP contribution in [-0.2, 0) is 6.61 Å². The topological polar surface area (TPSA) is 49.7 Å². The quantitative estimate of drug-likeness (QED) is 0.847. The number of hydrogen-bond donors (Lipinski definition) is 2. The number of hydrogen-bond acceptors (Lipinski definition) is 3. The Morgan fingerprint density at radius 1 is 1.16 bits per heavy atom. The molecular weight excluding hydrogens is 307 g/mol. The van der Waals surface area contributed by atoms with Crippen molar-refractivity contribution in [2.75, 3.05) is 0 Å². The van der Waals surface area contributed by atoms with Crippen LogP contribution in [0.3, 0.4) is 0 Å². The lowest BCUT2D eigenvalue weighted by Crippen LogP contribution is -2.32. The minimum absolute atomic E-state index is 0.364. The third-order valence-electron chi connectivity index (χ3n) is 2.72. The van der Waals surface area contributed by atoms with E-state index in [4.69, 9.17) is 4.74 Å². The van der Waals surface area contributed by atoms with Gasteiger partial charge in [0.2, 0.25) is 0 Å². The molecule has 19 heavy (non-hydrogen) atoms. The molecule has 0 aliphatic heterocycles. The van der Waals surface area contributed by atoms with Crippen LogP contribution in [0.15, 0.2) is 46.9 Å². The van der Waals surface area contributed by atoms with Gasteiger partial charge in [-0.2, -0.15) is 0 Å². The first-order valence-electron chi connectivity index (χ1n) is 5.91. The normalized spacial score (nSPS) is 10.3. The Bertz CT molecular complexity index is 558. The highest BCUT2D eigenvalue weighted by Crippen LogP contribution is 2.25. The van der Waals surface area contributed by atoms with Crippen LogP contribution in [0.4, 0.5) is 0 Å². The summed E-state index contributed by atoms with van der Waals surface area (Å²) in [6.45, 7) is 2.26. The van der Waals surface area contributed by atoms with Gasteiger partial charge in [0.05, 0.1) is 4.47 Å². The summed E-state index contributed by atoms with van der Waals surface area (Å²) in [6.07, 6.45) is 0. The molecule has 0 bridgehead atoms. The molecule has 0 unspecified atom stereocenters. The molecule has 0 aromatic heterocycles. The molecule has 2 aromatic rings. The van der Waals surface area contributed by atoms with Crippen molar-refractivity contribution in [1.82, 2.24) is 0 Å². The van der Waals surface area contributed by atoms with Crippen LogP contribution in [0.25, 0.3) is 0 Å². The largest absolute Gasteiger partial charge is 0.492 e. The van der Waals surface area contributed by atoms with E-state index in [-0.39, 0.29) is 0 Å². The van der Waals surface area contributed by atoms with Gasteiger partial charge in [-0.3, -0.25) is 0 Å². The molecule has 0 amide bonds. The zero-order valence-electron chi connectivity index (χ0n) is 10.5. The first-order chi connectivity index (χ1) is 9.08. The van der Waals surface area contributed by atoms with E-state index in [9.17, 15) is 10.0 Å². The van der Waals surface area contributed by atoms with Crippen molar-refractivity contribution in [2.24, 2.45) is 0 Å². The Labute approximate surface area is 121 Å². The molecule has 0 atom stereocenters. The van der Waals surface area contributed by atoms with Gasteiger partial charge in [-0.25, -0.2) is 0 Å². The van der Waals surface area contributed by atoms with E-state index in [2.05, 4.69) is 15.9 Å². The number of aryl methyl sites for hydroxylation is 1. The Morgan fingerprint density at radius 3 is 2.47 bits per heavy atom. The smallest absolute Gasteiger partial charge is 0.488 e. The monoisotopic (exact) mass is 320 g/mol. The zero-order valence-corrected chi connectivity index (χ0v) is 12.1. The van der Waals surface area contributed by atoms with Crippen LogP contribution < -0.4 is 10.2 Å². The average molecular weight is 321 g/mol. The Balaban J connectivity index is 2.24. The maximum absolute atomic E-state index is 9.41. The van der Waals surface area contributed by atoms with Crippen molar-refractivity contribution in [3.05, 3.63) is 58.1 Å². The summed E-state index contributed by atoms with van der Waals surface area (Å²) >= 11 is 3.39. The first-order valence-corrected chi connectivity index (χ1v) is 6.70. The summed E-state index contributed by atoms with van der Waals surface area (Å²) in [4.78, 5) is 0. The number of rotatable bonds is 4. The van der Waals surface area contributed by atoms with Crippen molar-refractivity contribution >= 4 is 28.5 Å². The summed E-state index contributed by atoms with van der Waals surface area (Å²) in [5.41, 5.74) is 2.32. The third-order valence-corrected chi connectivity index (χ3v) is 3.31. The highest BCUT2D eigenvalue weighted by molar-refractivity contribution is 9.10. The Hall–Kier alpha value is -1.30. The average Bonchev–Trinajstić information content (AvgIpc) is 2.38. The molecule has 0 aliphatic rings. The third kappa shape index (κ3) is 3.59. The van der Waals surface area contributed by atoms with Gasteiger partial charge < -0.3 is 14.8 Å². The first kappa shape index (κ1) is 14.1. The summed E-state index contributed by atoms with van der Waals surface area (Å²) < 4.78 is 6.42. The molecule has 0 saturated heterocycles. The molecular formula is C14H14BBrO3. The van der Waals surface area contributed by atoms with Crippen molar-refractivity contribution < 1.29 is 14.8 Å². The van der Waals surface area contributed by atoms with Crippen LogP contribution in [0.1, 0.15) is 11.1 Å². The van der Waals surface area contributed by atoms with Crippen molar-refractivity contribution in [1.29, 1.82) is 0 Å². The Kier molecular flexibility index (Phi) is 4.63. The minimum atomic E-state index is -1.55. The maximum Gasteiger partial charge on any atom is 0.492 e.